The molecule has 110 valence electrons. The van der Waals surface area contributed by atoms with Gasteiger partial charge >= 0.3 is 5.97 Å². The number of aryl methyl sites for hydroxylation is 1. The van der Waals surface area contributed by atoms with Gasteiger partial charge in [0.25, 0.3) is 0 Å². The van der Waals surface area contributed by atoms with Crippen LogP contribution >= 0.6 is 15.9 Å². The summed E-state index contributed by atoms with van der Waals surface area (Å²) in [6, 6.07) is 8.34. The number of aromatic carboxylic acids is 1. The lowest BCUT2D eigenvalue weighted by Crippen LogP contribution is -2.05. The number of carbonyl (C=O) groups is 1. The molecule has 0 fully saturated rings. The van der Waals surface area contributed by atoms with Gasteiger partial charge in [0, 0.05) is 22.3 Å². The van der Waals surface area contributed by atoms with E-state index in [1.807, 2.05) is 13.0 Å². The number of aromatic nitrogens is 1. The van der Waals surface area contributed by atoms with Gasteiger partial charge in [-0.05, 0) is 25.1 Å². The van der Waals surface area contributed by atoms with Gasteiger partial charge in [-0.3, -0.25) is 4.98 Å². The van der Waals surface area contributed by atoms with E-state index < -0.39 is 5.97 Å². The lowest BCUT2D eigenvalue weighted by molar-refractivity contribution is 0.0691. The summed E-state index contributed by atoms with van der Waals surface area (Å²) < 4.78 is 11.5. The van der Waals surface area contributed by atoms with Crippen LogP contribution in [-0.4, -0.2) is 23.2 Å². The van der Waals surface area contributed by atoms with Crippen molar-refractivity contribution in [2.75, 3.05) is 7.11 Å². The molecule has 2 rings (SSSR count). The molecule has 21 heavy (non-hydrogen) atoms. The van der Waals surface area contributed by atoms with Gasteiger partial charge in [0.2, 0.25) is 0 Å². The lowest BCUT2D eigenvalue weighted by Gasteiger charge is -2.10. The molecule has 1 aromatic heterocycles. The predicted molar refractivity (Wildman–Crippen MR) is 81.0 cm³/mol. The topological polar surface area (TPSA) is 68.7 Å². The number of nitrogens with zero attached hydrogens (tertiary/aromatic N) is 1. The average Bonchev–Trinajstić information content (AvgIpc) is 2.44. The molecule has 1 aromatic carbocycles. The molecule has 0 radical (unpaired) electrons. The average molecular weight is 352 g/mol. The Labute approximate surface area is 130 Å². The minimum atomic E-state index is -1.03. The summed E-state index contributed by atoms with van der Waals surface area (Å²) in [4.78, 5) is 15.5. The molecular weight excluding hydrogens is 338 g/mol. The molecule has 0 amide bonds. The van der Waals surface area contributed by atoms with Gasteiger partial charge in [0.15, 0.2) is 0 Å². The van der Waals surface area contributed by atoms with E-state index in [1.54, 1.807) is 25.3 Å². The Hall–Kier alpha value is -2.08. The molecule has 0 saturated heterocycles. The number of carboxylic acid groups (broad SMARTS) is 1. The van der Waals surface area contributed by atoms with Gasteiger partial charge in [0.1, 0.15) is 23.7 Å². The third-order valence-corrected chi connectivity index (χ3v) is 3.26. The van der Waals surface area contributed by atoms with Gasteiger partial charge in [-0.15, -0.1) is 0 Å². The van der Waals surface area contributed by atoms with Crippen LogP contribution in [0.2, 0.25) is 0 Å². The molecule has 6 heteroatoms. The molecule has 1 heterocycles. The van der Waals surface area contributed by atoms with Crippen molar-refractivity contribution in [2.24, 2.45) is 0 Å². The van der Waals surface area contributed by atoms with Gasteiger partial charge in [-0.1, -0.05) is 15.9 Å². The second kappa shape index (κ2) is 6.58. The molecule has 0 atom stereocenters. The minimum Gasteiger partial charge on any atom is -0.497 e. The molecule has 0 aliphatic carbocycles. The third-order valence-electron chi connectivity index (χ3n) is 2.77. The highest BCUT2D eigenvalue weighted by Crippen LogP contribution is 2.25. The quantitative estimate of drug-likeness (QED) is 0.893. The summed E-state index contributed by atoms with van der Waals surface area (Å²) in [5.41, 5.74) is 1.58. The summed E-state index contributed by atoms with van der Waals surface area (Å²) in [7, 11) is 1.58. The number of methoxy groups -OCH3 is 1. The van der Waals surface area contributed by atoms with Crippen LogP contribution < -0.4 is 9.47 Å². The largest absolute Gasteiger partial charge is 0.497 e. The van der Waals surface area contributed by atoms with Crippen molar-refractivity contribution < 1.29 is 19.4 Å². The van der Waals surface area contributed by atoms with E-state index in [-0.39, 0.29) is 12.2 Å². The monoisotopic (exact) mass is 351 g/mol. The number of hydrogen-bond donors (Lipinski definition) is 1. The lowest BCUT2D eigenvalue weighted by atomic mass is 10.2. The molecule has 0 spiro atoms. The number of pyridine rings is 1. The van der Waals surface area contributed by atoms with Crippen LogP contribution in [0.4, 0.5) is 0 Å². The number of ether oxygens (including phenoxy) is 2. The van der Waals surface area contributed by atoms with Crippen LogP contribution in [0.25, 0.3) is 0 Å². The minimum absolute atomic E-state index is 0.109. The normalized spacial score (nSPS) is 10.2. The Morgan fingerprint density at radius 1 is 1.33 bits per heavy atom. The zero-order chi connectivity index (χ0) is 15.4. The van der Waals surface area contributed by atoms with E-state index in [4.69, 9.17) is 14.6 Å². The van der Waals surface area contributed by atoms with E-state index >= 15 is 0 Å². The smallest absolute Gasteiger partial charge is 0.339 e. The van der Waals surface area contributed by atoms with Gasteiger partial charge in [0.05, 0.1) is 12.8 Å². The predicted octanol–water partition coefficient (Wildman–Crippen LogP) is 3.44. The highest BCUT2D eigenvalue weighted by atomic mass is 79.9. The van der Waals surface area contributed by atoms with E-state index in [1.165, 1.54) is 6.07 Å². The maximum atomic E-state index is 11.2. The first-order valence-electron chi connectivity index (χ1n) is 6.17. The van der Waals surface area contributed by atoms with E-state index in [0.717, 1.165) is 10.2 Å². The van der Waals surface area contributed by atoms with Crippen LogP contribution in [0.5, 0.6) is 11.5 Å². The molecule has 2 aromatic rings. The zero-order valence-corrected chi connectivity index (χ0v) is 13.2. The zero-order valence-electron chi connectivity index (χ0n) is 11.6. The number of halogens is 1. The van der Waals surface area contributed by atoms with Crippen LogP contribution in [0.15, 0.2) is 34.8 Å². The summed E-state index contributed by atoms with van der Waals surface area (Å²) in [5.74, 6) is -0.0553. The second-order valence-electron chi connectivity index (χ2n) is 4.37. The van der Waals surface area contributed by atoms with Crippen molar-refractivity contribution in [1.82, 2.24) is 4.98 Å². The van der Waals surface area contributed by atoms with Crippen LogP contribution in [0, 0.1) is 6.92 Å². The fourth-order valence-corrected chi connectivity index (χ4v) is 2.18. The number of rotatable bonds is 5. The van der Waals surface area contributed by atoms with Gasteiger partial charge in [-0.25, -0.2) is 4.79 Å². The van der Waals surface area contributed by atoms with Crippen molar-refractivity contribution in [2.45, 2.75) is 13.5 Å². The first-order chi connectivity index (χ1) is 9.99. The van der Waals surface area contributed by atoms with E-state index in [2.05, 4.69) is 20.9 Å². The molecule has 0 bridgehead atoms. The standard InChI is InChI=1S/C15H14BrNO4/c1-9-5-12(20-2)7-11(17-9)8-21-14-6-10(16)3-4-13(14)15(18)19/h3-7H,8H2,1-2H3,(H,18,19). The van der Waals surface area contributed by atoms with Gasteiger partial charge < -0.3 is 14.6 Å². The van der Waals surface area contributed by atoms with Crippen molar-refractivity contribution in [3.05, 3.63) is 51.8 Å². The number of hydrogen-bond acceptors (Lipinski definition) is 4. The highest BCUT2D eigenvalue weighted by Gasteiger charge is 2.12. The van der Waals surface area contributed by atoms with Crippen LogP contribution in [0.1, 0.15) is 21.7 Å². The Morgan fingerprint density at radius 2 is 2.10 bits per heavy atom. The Kier molecular flexibility index (Phi) is 4.80. The van der Waals surface area contributed by atoms with Crippen molar-refractivity contribution in [3.63, 3.8) is 0 Å². The van der Waals surface area contributed by atoms with Crippen molar-refractivity contribution in [3.8, 4) is 11.5 Å². The molecule has 1 N–H and O–H groups in total. The second-order valence-corrected chi connectivity index (χ2v) is 5.29. The fraction of sp³-hybridized carbons (Fsp3) is 0.200. The maximum absolute atomic E-state index is 11.2. The summed E-state index contributed by atoms with van der Waals surface area (Å²) in [5, 5.41) is 9.15. The third kappa shape index (κ3) is 3.95. The maximum Gasteiger partial charge on any atom is 0.339 e. The van der Waals surface area contributed by atoms with E-state index in [9.17, 15) is 4.79 Å². The number of carboxylic acids is 1. The first-order valence-corrected chi connectivity index (χ1v) is 6.96. The molecule has 5 nitrogen and oxygen atoms in total. The summed E-state index contributed by atoms with van der Waals surface area (Å²) >= 11 is 3.30. The molecule has 0 aliphatic rings. The molecule has 0 saturated carbocycles. The molecule has 0 aliphatic heterocycles. The Morgan fingerprint density at radius 3 is 2.76 bits per heavy atom. The van der Waals surface area contributed by atoms with Crippen LogP contribution in [-0.2, 0) is 6.61 Å². The Balaban J connectivity index is 2.22. The Bertz CT molecular complexity index is 673. The molecular formula is C15H14BrNO4. The summed E-state index contributed by atoms with van der Waals surface area (Å²) in [6.07, 6.45) is 0. The van der Waals surface area contributed by atoms with E-state index in [0.29, 0.717) is 17.2 Å². The van der Waals surface area contributed by atoms with Crippen molar-refractivity contribution in [1.29, 1.82) is 0 Å². The number of benzene rings is 1. The SMILES string of the molecule is COc1cc(C)nc(COc2cc(Br)ccc2C(=O)O)c1. The molecule has 0 unspecified atom stereocenters. The summed E-state index contributed by atoms with van der Waals surface area (Å²) in [6.45, 7) is 2.02. The fourth-order valence-electron chi connectivity index (χ4n) is 1.84. The first kappa shape index (κ1) is 15.3. The van der Waals surface area contributed by atoms with Crippen LogP contribution in [0.3, 0.4) is 0 Å². The van der Waals surface area contributed by atoms with Gasteiger partial charge in [-0.2, -0.15) is 0 Å². The highest BCUT2D eigenvalue weighted by molar-refractivity contribution is 9.10. The van der Waals surface area contributed by atoms with Crippen molar-refractivity contribution >= 4 is 21.9 Å².